The van der Waals surface area contributed by atoms with Gasteiger partial charge in [0.1, 0.15) is 11.9 Å². The largest absolute Gasteiger partial charge is 0.358 e. The normalized spacial score (nSPS) is 17.8. The van der Waals surface area contributed by atoms with Crippen molar-refractivity contribution in [3.05, 3.63) is 30.2 Å². The maximum atomic E-state index is 12.4. The molecule has 0 saturated carbocycles. The van der Waals surface area contributed by atoms with E-state index in [0.29, 0.717) is 11.6 Å². The fourth-order valence-corrected chi connectivity index (χ4v) is 3.32. The number of fused-ring (bicyclic) bond motifs is 1. The molecule has 0 aromatic carbocycles. The van der Waals surface area contributed by atoms with Crippen molar-refractivity contribution in [2.75, 3.05) is 11.9 Å². The summed E-state index contributed by atoms with van der Waals surface area (Å²) in [5.74, 6) is 1.25. The maximum Gasteiger partial charge on any atom is 0.242 e. The first-order valence-corrected chi connectivity index (χ1v) is 8.79. The third-order valence-corrected chi connectivity index (χ3v) is 4.64. The average Bonchev–Trinajstić information content (AvgIpc) is 2.80. The number of anilines is 1. The summed E-state index contributed by atoms with van der Waals surface area (Å²) in [5, 5.41) is 11.6. The van der Waals surface area contributed by atoms with Crippen LogP contribution in [0.25, 0.3) is 22.4 Å². The minimum atomic E-state index is -0.305. The Labute approximate surface area is 151 Å². The molecule has 0 radical (unpaired) electrons. The van der Waals surface area contributed by atoms with Gasteiger partial charge in [-0.3, -0.25) is 14.5 Å². The summed E-state index contributed by atoms with van der Waals surface area (Å²) in [5.41, 5.74) is 2.44. The van der Waals surface area contributed by atoms with Crippen LogP contribution in [0, 0.1) is 6.92 Å². The summed E-state index contributed by atoms with van der Waals surface area (Å²) >= 11 is 0. The molecular weight excluding hydrogens is 330 g/mol. The van der Waals surface area contributed by atoms with Crippen molar-refractivity contribution in [1.82, 2.24) is 30.0 Å². The zero-order valence-electron chi connectivity index (χ0n) is 14.9. The molecule has 1 fully saturated rings. The van der Waals surface area contributed by atoms with Crippen LogP contribution >= 0.6 is 0 Å². The third-order valence-electron chi connectivity index (χ3n) is 4.64. The number of carbonyl (C=O) groups excluding carboxylic acids is 1. The van der Waals surface area contributed by atoms with Gasteiger partial charge in [0.05, 0.1) is 11.1 Å². The second kappa shape index (κ2) is 6.70. The van der Waals surface area contributed by atoms with Crippen molar-refractivity contribution in [3.63, 3.8) is 0 Å². The summed E-state index contributed by atoms with van der Waals surface area (Å²) in [4.78, 5) is 25.8. The second-order valence-electron chi connectivity index (χ2n) is 6.52. The van der Waals surface area contributed by atoms with Crippen LogP contribution in [0.1, 0.15) is 25.0 Å². The van der Waals surface area contributed by atoms with Gasteiger partial charge in [0.15, 0.2) is 11.5 Å². The van der Waals surface area contributed by atoms with Crippen LogP contribution in [0.15, 0.2) is 24.5 Å². The number of carbonyl (C=O) groups is 1. The average molecular weight is 351 g/mol. The topological polar surface area (TPSA) is 97.6 Å². The molecule has 3 aromatic rings. The zero-order chi connectivity index (χ0) is 18.1. The van der Waals surface area contributed by atoms with Gasteiger partial charge in [-0.05, 0) is 38.3 Å². The summed E-state index contributed by atoms with van der Waals surface area (Å²) in [6.45, 7) is 2.65. The Bertz CT molecular complexity index is 951. The first-order valence-electron chi connectivity index (χ1n) is 8.79. The summed E-state index contributed by atoms with van der Waals surface area (Å²) in [7, 11) is 1.86. The Morgan fingerprint density at radius 2 is 2.04 bits per heavy atom. The van der Waals surface area contributed by atoms with E-state index in [0.717, 1.165) is 48.1 Å². The van der Waals surface area contributed by atoms with E-state index in [4.69, 9.17) is 4.98 Å². The van der Waals surface area contributed by atoms with Crippen molar-refractivity contribution < 1.29 is 4.79 Å². The van der Waals surface area contributed by atoms with Crippen LogP contribution < -0.4 is 10.6 Å². The number of hydrogen-bond donors (Lipinski definition) is 2. The smallest absolute Gasteiger partial charge is 0.242 e. The predicted molar refractivity (Wildman–Crippen MR) is 98.5 cm³/mol. The summed E-state index contributed by atoms with van der Waals surface area (Å²) in [6.07, 6.45) is 6.19. The SMILES string of the molecule is Cc1nn(C)c2nc(-c3ccncc3)nc(N[C@H]3CCCCNC3=O)c12. The van der Waals surface area contributed by atoms with Gasteiger partial charge in [-0.15, -0.1) is 0 Å². The monoisotopic (exact) mass is 351 g/mol. The highest BCUT2D eigenvalue weighted by Gasteiger charge is 2.24. The van der Waals surface area contributed by atoms with E-state index in [1.807, 2.05) is 26.1 Å². The van der Waals surface area contributed by atoms with E-state index >= 15 is 0 Å². The van der Waals surface area contributed by atoms with Crippen LogP contribution in [0.3, 0.4) is 0 Å². The van der Waals surface area contributed by atoms with Gasteiger partial charge in [-0.25, -0.2) is 9.97 Å². The van der Waals surface area contributed by atoms with Gasteiger partial charge in [0, 0.05) is 31.5 Å². The quantitative estimate of drug-likeness (QED) is 0.747. The minimum absolute atomic E-state index is 0.0151. The fraction of sp³-hybridized carbons (Fsp3) is 0.389. The van der Waals surface area contributed by atoms with Gasteiger partial charge in [0.25, 0.3) is 0 Å². The molecule has 8 heteroatoms. The molecule has 8 nitrogen and oxygen atoms in total. The van der Waals surface area contributed by atoms with Crippen LogP contribution in [-0.2, 0) is 11.8 Å². The predicted octanol–water partition coefficient (Wildman–Crippen LogP) is 1.81. The van der Waals surface area contributed by atoms with Crippen LogP contribution in [-0.4, -0.2) is 43.2 Å². The lowest BCUT2D eigenvalue weighted by molar-refractivity contribution is -0.121. The number of pyridine rings is 1. The number of aryl methyl sites for hydroxylation is 2. The molecule has 0 spiro atoms. The molecule has 1 aliphatic rings. The molecule has 0 bridgehead atoms. The summed E-state index contributed by atoms with van der Waals surface area (Å²) in [6, 6.07) is 3.43. The molecule has 0 unspecified atom stereocenters. The van der Waals surface area contributed by atoms with Gasteiger partial charge >= 0.3 is 0 Å². The minimum Gasteiger partial charge on any atom is -0.358 e. The lowest BCUT2D eigenvalue weighted by atomic mass is 10.1. The molecule has 26 heavy (non-hydrogen) atoms. The lowest BCUT2D eigenvalue weighted by Gasteiger charge is -2.17. The van der Waals surface area contributed by atoms with Crippen molar-refractivity contribution >= 4 is 22.8 Å². The number of nitrogens with one attached hydrogen (secondary N) is 2. The van der Waals surface area contributed by atoms with E-state index in [9.17, 15) is 4.79 Å². The highest BCUT2D eigenvalue weighted by molar-refractivity contribution is 5.93. The molecule has 4 heterocycles. The number of amides is 1. The molecule has 3 aromatic heterocycles. The van der Waals surface area contributed by atoms with E-state index in [-0.39, 0.29) is 11.9 Å². The second-order valence-corrected chi connectivity index (χ2v) is 6.52. The van der Waals surface area contributed by atoms with Crippen molar-refractivity contribution in [2.45, 2.75) is 32.2 Å². The number of rotatable bonds is 3. The van der Waals surface area contributed by atoms with E-state index in [1.165, 1.54) is 0 Å². The first kappa shape index (κ1) is 16.4. The Hall–Kier alpha value is -3.03. The van der Waals surface area contributed by atoms with E-state index < -0.39 is 0 Å². The molecule has 1 amide bonds. The Balaban J connectivity index is 1.82. The summed E-state index contributed by atoms with van der Waals surface area (Å²) < 4.78 is 1.75. The highest BCUT2D eigenvalue weighted by atomic mass is 16.2. The number of nitrogens with zero attached hydrogens (tertiary/aromatic N) is 5. The molecule has 4 rings (SSSR count). The molecule has 1 aliphatic heterocycles. The van der Waals surface area contributed by atoms with Crippen LogP contribution in [0.4, 0.5) is 5.82 Å². The molecule has 134 valence electrons. The Morgan fingerprint density at radius 3 is 2.85 bits per heavy atom. The molecule has 1 atom stereocenters. The number of hydrogen-bond acceptors (Lipinski definition) is 6. The van der Waals surface area contributed by atoms with Crippen molar-refractivity contribution in [1.29, 1.82) is 0 Å². The zero-order valence-corrected chi connectivity index (χ0v) is 14.9. The van der Waals surface area contributed by atoms with Crippen molar-refractivity contribution in [3.8, 4) is 11.4 Å². The maximum absolute atomic E-state index is 12.4. The fourth-order valence-electron chi connectivity index (χ4n) is 3.32. The van der Waals surface area contributed by atoms with Crippen LogP contribution in [0.2, 0.25) is 0 Å². The van der Waals surface area contributed by atoms with Gasteiger partial charge in [0.2, 0.25) is 5.91 Å². The Kier molecular flexibility index (Phi) is 4.24. The van der Waals surface area contributed by atoms with Crippen molar-refractivity contribution in [2.24, 2.45) is 7.05 Å². The van der Waals surface area contributed by atoms with Crippen LogP contribution in [0.5, 0.6) is 0 Å². The molecular formula is C18H21N7O. The third kappa shape index (κ3) is 2.98. The van der Waals surface area contributed by atoms with E-state index in [2.05, 4.69) is 25.7 Å². The molecule has 1 saturated heterocycles. The Morgan fingerprint density at radius 1 is 1.23 bits per heavy atom. The highest BCUT2D eigenvalue weighted by Crippen LogP contribution is 2.28. The lowest BCUT2D eigenvalue weighted by Crippen LogP contribution is -2.38. The van der Waals surface area contributed by atoms with Gasteiger partial charge < -0.3 is 10.6 Å². The molecule has 0 aliphatic carbocycles. The standard InChI is InChI=1S/C18H21N7O/c1-11-14-16(21-13-5-3-4-8-20-18(13)26)22-15(12-6-9-19-10-7-12)23-17(14)25(2)24-11/h6-7,9-10,13H,3-5,8H2,1-2H3,(H,20,26)(H,21,22,23)/t13-/m0/s1. The van der Waals surface area contributed by atoms with E-state index in [1.54, 1.807) is 17.1 Å². The number of aromatic nitrogens is 5. The van der Waals surface area contributed by atoms with Gasteiger partial charge in [-0.1, -0.05) is 0 Å². The molecule has 2 N–H and O–H groups in total. The first-order chi connectivity index (χ1) is 12.6. The van der Waals surface area contributed by atoms with Gasteiger partial charge in [-0.2, -0.15) is 5.10 Å².